The van der Waals surface area contributed by atoms with Gasteiger partial charge in [-0.05, 0) is 36.5 Å². The maximum Gasteiger partial charge on any atom is 0.168 e. The molecule has 0 heterocycles. The van der Waals surface area contributed by atoms with Crippen molar-refractivity contribution >= 4 is 23.0 Å². The number of thiocarbonyl (C=S) groups is 1. The van der Waals surface area contributed by atoms with E-state index in [2.05, 4.69) is 17.2 Å². The van der Waals surface area contributed by atoms with Crippen LogP contribution in [0.5, 0.6) is 0 Å². The predicted octanol–water partition coefficient (Wildman–Crippen LogP) is 0.652. The van der Waals surface area contributed by atoms with Crippen LogP contribution in [0, 0.1) is 11.8 Å². The second kappa shape index (κ2) is 5.22. The van der Waals surface area contributed by atoms with Gasteiger partial charge in [0.05, 0.1) is 6.54 Å². The third-order valence-corrected chi connectivity index (χ3v) is 1.59. The zero-order chi connectivity index (χ0) is 10.4. The molecule has 0 aliphatic rings. The van der Waals surface area contributed by atoms with Crippen molar-refractivity contribution in [1.29, 1.82) is 0 Å². The zero-order valence-electron chi connectivity index (χ0n) is 7.58. The lowest BCUT2D eigenvalue weighted by Crippen LogP contribution is -2.18. The van der Waals surface area contributed by atoms with E-state index in [4.69, 9.17) is 23.7 Å². The summed E-state index contributed by atoms with van der Waals surface area (Å²) in [5.74, 6) is 5.69. The van der Waals surface area contributed by atoms with E-state index in [0.29, 0.717) is 6.54 Å². The number of nitrogens with two attached hydrogens (primary N) is 2. The Morgan fingerprint density at radius 2 is 2.00 bits per heavy atom. The second-order valence-electron chi connectivity index (χ2n) is 2.57. The van der Waals surface area contributed by atoms with Crippen LogP contribution in [0.25, 0.3) is 0 Å². The van der Waals surface area contributed by atoms with Gasteiger partial charge in [0.2, 0.25) is 0 Å². The minimum atomic E-state index is 0.255. The molecule has 1 rings (SSSR count). The highest BCUT2D eigenvalue weighted by Gasteiger charge is 1.92. The molecule has 0 bridgehead atoms. The molecule has 0 aromatic heterocycles. The average molecular weight is 205 g/mol. The molecule has 0 atom stereocenters. The van der Waals surface area contributed by atoms with Gasteiger partial charge in [0, 0.05) is 11.3 Å². The van der Waals surface area contributed by atoms with Gasteiger partial charge in [0.25, 0.3) is 0 Å². The smallest absolute Gasteiger partial charge is 0.168 e. The first-order valence-corrected chi connectivity index (χ1v) is 4.48. The van der Waals surface area contributed by atoms with Crippen LogP contribution in [-0.2, 0) is 0 Å². The summed E-state index contributed by atoms with van der Waals surface area (Å²) in [5.41, 5.74) is 12.3. The van der Waals surface area contributed by atoms with Gasteiger partial charge >= 0.3 is 0 Å². The number of hydrogen-bond donors (Lipinski definition) is 3. The van der Waals surface area contributed by atoms with E-state index < -0.39 is 0 Å². The van der Waals surface area contributed by atoms with Crippen LogP contribution in [0.1, 0.15) is 5.56 Å². The number of rotatable bonds is 1. The van der Waals surface area contributed by atoms with Gasteiger partial charge in [0.15, 0.2) is 5.11 Å². The summed E-state index contributed by atoms with van der Waals surface area (Å²) < 4.78 is 0. The van der Waals surface area contributed by atoms with E-state index in [-0.39, 0.29) is 5.11 Å². The highest BCUT2D eigenvalue weighted by molar-refractivity contribution is 7.80. The molecule has 14 heavy (non-hydrogen) atoms. The lowest BCUT2D eigenvalue weighted by atomic mass is 10.2. The molecular weight excluding hydrogens is 194 g/mol. The Morgan fingerprint density at radius 1 is 1.36 bits per heavy atom. The molecule has 5 N–H and O–H groups in total. The van der Waals surface area contributed by atoms with Crippen molar-refractivity contribution in [3.8, 4) is 11.8 Å². The summed E-state index contributed by atoms with van der Waals surface area (Å²) in [6, 6.07) is 7.48. The summed E-state index contributed by atoms with van der Waals surface area (Å²) in [7, 11) is 0. The third-order valence-electron chi connectivity index (χ3n) is 1.49. The molecule has 72 valence electrons. The van der Waals surface area contributed by atoms with Gasteiger partial charge in [-0.2, -0.15) is 0 Å². The molecule has 0 unspecified atom stereocenters. The summed E-state index contributed by atoms with van der Waals surface area (Å²) in [6.07, 6.45) is 0. The Hall–Kier alpha value is -1.57. The van der Waals surface area contributed by atoms with Crippen molar-refractivity contribution in [3.63, 3.8) is 0 Å². The molecule has 4 heteroatoms. The number of anilines is 1. The van der Waals surface area contributed by atoms with Crippen molar-refractivity contribution in [1.82, 2.24) is 0 Å². The first-order chi connectivity index (χ1) is 6.72. The highest BCUT2D eigenvalue weighted by Crippen LogP contribution is 2.07. The van der Waals surface area contributed by atoms with E-state index in [9.17, 15) is 0 Å². The average Bonchev–Trinajstić information content (AvgIpc) is 2.16. The van der Waals surface area contributed by atoms with Gasteiger partial charge in [0.1, 0.15) is 0 Å². The Labute approximate surface area is 88.5 Å². The first kappa shape index (κ1) is 10.5. The molecule has 1 aromatic rings. The molecule has 0 aliphatic heterocycles. The van der Waals surface area contributed by atoms with Crippen LogP contribution < -0.4 is 16.8 Å². The van der Waals surface area contributed by atoms with Crippen LogP contribution in [0.4, 0.5) is 5.69 Å². The maximum atomic E-state index is 5.32. The van der Waals surface area contributed by atoms with Gasteiger partial charge in [-0.15, -0.1) is 0 Å². The Bertz CT molecular complexity index is 373. The molecule has 3 nitrogen and oxygen atoms in total. The lowest BCUT2D eigenvalue weighted by molar-refractivity contribution is 1.30. The largest absolute Gasteiger partial charge is 0.376 e. The maximum absolute atomic E-state index is 5.32. The molecule has 0 spiro atoms. The van der Waals surface area contributed by atoms with Crippen molar-refractivity contribution in [3.05, 3.63) is 29.8 Å². The summed E-state index contributed by atoms with van der Waals surface area (Å²) >= 11 is 4.70. The number of benzene rings is 1. The summed E-state index contributed by atoms with van der Waals surface area (Å²) in [5, 5.41) is 3.08. The van der Waals surface area contributed by atoms with E-state index in [0.717, 1.165) is 11.3 Å². The minimum absolute atomic E-state index is 0.255. The quantitative estimate of drug-likeness (QED) is 0.465. The first-order valence-electron chi connectivity index (χ1n) is 4.08. The Kier molecular flexibility index (Phi) is 3.92. The molecule has 0 saturated heterocycles. The van der Waals surface area contributed by atoms with Gasteiger partial charge in [-0.25, -0.2) is 0 Å². The second-order valence-corrected chi connectivity index (χ2v) is 3.01. The van der Waals surface area contributed by atoms with E-state index in [1.165, 1.54) is 0 Å². The monoisotopic (exact) mass is 205 g/mol. The lowest BCUT2D eigenvalue weighted by Gasteiger charge is -2.02. The van der Waals surface area contributed by atoms with Crippen molar-refractivity contribution in [2.24, 2.45) is 11.5 Å². The van der Waals surface area contributed by atoms with E-state index in [1.807, 2.05) is 24.3 Å². The normalized spacial score (nSPS) is 8.64. The zero-order valence-corrected chi connectivity index (χ0v) is 8.40. The van der Waals surface area contributed by atoms with Crippen molar-refractivity contribution in [2.75, 3.05) is 11.9 Å². The molecule has 0 saturated carbocycles. The summed E-state index contributed by atoms with van der Waals surface area (Å²) in [4.78, 5) is 0. The summed E-state index contributed by atoms with van der Waals surface area (Å²) in [6.45, 7) is 0.368. The fourth-order valence-electron chi connectivity index (χ4n) is 0.932. The SMILES string of the molecule is NCC#Cc1ccc(NC(N)=S)cc1. The molecule has 0 fully saturated rings. The van der Waals surface area contributed by atoms with Gasteiger partial charge in [-0.3, -0.25) is 0 Å². The molecule has 0 aliphatic carbocycles. The van der Waals surface area contributed by atoms with Crippen molar-refractivity contribution in [2.45, 2.75) is 0 Å². The van der Waals surface area contributed by atoms with Crippen LogP contribution in [-0.4, -0.2) is 11.7 Å². The highest BCUT2D eigenvalue weighted by atomic mass is 32.1. The van der Waals surface area contributed by atoms with Crippen molar-refractivity contribution < 1.29 is 0 Å². The van der Waals surface area contributed by atoms with Crippen LogP contribution in [0.3, 0.4) is 0 Å². The molecule has 0 radical (unpaired) electrons. The molecular formula is C10H11N3S. The third kappa shape index (κ3) is 3.44. The molecule has 0 amide bonds. The van der Waals surface area contributed by atoms with E-state index in [1.54, 1.807) is 0 Å². The van der Waals surface area contributed by atoms with Gasteiger partial charge < -0.3 is 16.8 Å². The van der Waals surface area contributed by atoms with Crippen LogP contribution >= 0.6 is 12.2 Å². The fraction of sp³-hybridized carbons (Fsp3) is 0.100. The molecule has 1 aromatic carbocycles. The van der Waals surface area contributed by atoms with Gasteiger partial charge in [-0.1, -0.05) is 11.8 Å². The standard InChI is InChI=1S/C10H11N3S/c11-7-1-2-8-3-5-9(6-4-8)13-10(12)14/h3-6H,7,11H2,(H3,12,13,14). The van der Waals surface area contributed by atoms with Crippen LogP contribution in [0.2, 0.25) is 0 Å². The Morgan fingerprint density at radius 3 is 2.50 bits per heavy atom. The topological polar surface area (TPSA) is 64.1 Å². The predicted molar refractivity (Wildman–Crippen MR) is 62.8 cm³/mol. The fourth-order valence-corrected chi connectivity index (χ4v) is 1.05. The number of hydrogen-bond acceptors (Lipinski definition) is 2. The minimum Gasteiger partial charge on any atom is -0.376 e. The van der Waals surface area contributed by atoms with E-state index >= 15 is 0 Å². The van der Waals surface area contributed by atoms with Crippen LogP contribution in [0.15, 0.2) is 24.3 Å². The number of nitrogens with one attached hydrogen (secondary N) is 1. The Balaban J connectivity index is 2.73.